The summed E-state index contributed by atoms with van der Waals surface area (Å²) >= 11 is 0. The van der Waals surface area contributed by atoms with Crippen LogP contribution in [0, 0.1) is 0 Å². The summed E-state index contributed by atoms with van der Waals surface area (Å²) in [7, 11) is 0. The minimum Gasteiger partial charge on any atom is -0.462 e. The Bertz CT molecular complexity index is 1410. The van der Waals surface area contributed by atoms with Gasteiger partial charge in [-0.2, -0.15) is 0 Å². The van der Waals surface area contributed by atoms with Crippen LogP contribution in [0.4, 0.5) is 0 Å². The van der Waals surface area contributed by atoms with E-state index in [1.807, 2.05) is 0 Å². The highest BCUT2D eigenvalue weighted by Gasteiger charge is 2.19. The minimum atomic E-state index is -0.776. The molecule has 82 heavy (non-hydrogen) atoms. The molecule has 0 bridgehead atoms. The van der Waals surface area contributed by atoms with E-state index in [2.05, 4.69) is 69.4 Å². The molecule has 0 radical (unpaired) electrons. The summed E-state index contributed by atoms with van der Waals surface area (Å²) in [5.41, 5.74) is 0. The molecule has 6 nitrogen and oxygen atoms in total. The third-order valence-electron chi connectivity index (χ3n) is 16.6. The standard InChI is InChI=1S/C76H140O6/c1-4-7-10-13-16-19-22-25-27-29-31-33-35-37-38-39-41-42-44-46-48-51-54-57-60-63-66-69-75(78)81-72-73(71-80-74(77)68-65-62-59-56-53-50-24-21-18-15-12-9-6-3)82-76(79)70-67-64-61-58-55-52-49-47-45-43-40-36-34-32-30-28-26-23-20-17-14-11-8-5-2/h21-22,24-25,29,31,35,37,73H,4-20,23,26-28,30,32-34,36,38-72H2,1-3H3/b24-21-,25-22-,31-29-,37-35-. The van der Waals surface area contributed by atoms with Crippen LogP contribution in [0.3, 0.4) is 0 Å². The average Bonchev–Trinajstić information content (AvgIpc) is 3.47. The van der Waals surface area contributed by atoms with Crippen molar-refractivity contribution in [2.45, 2.75) is 406 Å². The van der Waals surface area contributed by atoms with Crippen LogP contribution >= 0.6 is 0 Å². The number of esters is 3. The summed E-state index contributed by atoms with van der Waals surface area (Å²) in [6.07, 6.45) is 90.1. The maximum atomic E-state index is 13.0. The van der Waals surface area contributed by atoms with Gasteiger partial charge in [0.2, 0.25) is 0 Å². The van der Waals surface area contributed by atoms with E-state index in [9.17, 15) is 14.4 Å². The summed E-state index contributed by atoms with van der Waals surface area (Å²) < 4.78 is 17.0. The van der Waals surface area contributed by atoms with Gasteiger partial charge in [-0.3, -0.25) is 14.4 Å². The largest absolute Gasteiger partial charge is 0.462 e. The van der Waals surface area contributed by atoms with Crippen LogP contribution in [-0.4, -0.2) is 37.2 Å². The second-order valence-electron chi connectivity index (χ2n) is 24.9. The molecule has 0 saturated heterocycles. The first-order valence-corrected chi connectivity index (χ1v) is 36.6. The molecule has 6 heteroatoms. The maximum absolute atomic E-state index is 13.0. The number of hydrogen-bond donors (Lipinski definition) is 0. The quantitative estimate of drug-likeness (QED) is 0.0261. The van der Waals surface area contributed by atoms with Crippen molar-refractivity contribution in [3.63, 3.8) is 0 Å². The molecule has 0 aliphatic heterocycles. The van der Waals surface area contributed by atoms with Crippen molar-refractivity contribution in [1.82, 2.24) is 0 Å². The fourth-order valence-corrected chi connectivity index (χ4v) is 11.0. The van der Waals surface area contributed by atoms with Gasteiger partial charge in [-0.15, -0.1) is 0 Å². The van der Waals surface area contributed by atoms with Gasteiger partial charge in [0.25, 0.3) is 0 Å². The highest BCUT2D eigenvalue weighted by atomic mass is 16.6. The molecule has 0 aromatic carbocycles. The molecule has 480 valence electrons. The smallest absolute Gasteiger partial charge is 0.306 e. The molecule has 0 rings (SSSR count). The van der Waals surface area contributed by atoms with Gasteiger partial charge in [0.1, 0.15) is 13.2 Å². The van der Waals surface area contributed by atoms with Crippen molar-refractivity contribution < 1.29 is 28.6 Å². The molecule has 0 saturated carbocycles. The third-order valence-corrected chi connectivity index (χ3v) is 16.6. The zero-order valence-corrected chi connectivity index (χ0v) is 55.3. The van der Waals surface area contributed by atoms with Crippen LogP contribution < -0.4 is 0 Å². The second-order valence-corrected chi connectivity index (χ2v) is 24.9. The number of carbonyl (C=O) groups excluding carboxylic acids is 3. The lowest BCUT2D eigenvalue weighted by Crippen LogP contribution is -2.30. The fourth-order valence-electron chi connectivity index (χ4n) is 11.0. The lowest BCUT2D eigenvalue weighted by Gasteiger charge is -2.18. The van der Waals surface area contributed by atoms with E-state index in [1.165, 1.54) is 283 Å². The molecular weight excluding hydrogens is 1010 g/mol. The first kappa shape index (κ1) is 79.4. The van der Waals surface area contributed by atoms with E-state index >= 15 is 0 Å². The first-order chi connectivity index (χ1) is 40.5. The van der Waals surface area contributed by atoms with Crippen LogP contribution in [-0.2, 0) is 28.6 Å². The Morgan fingerprint density at radius 2 is 0.439 bits per heavy atom. The highest BCUT2D eigenvalue weighted by Crippen LogP contribution is 2.19. The lowest BCUT2D eigenvalue weighted by atomic mass is 10.0. The molecule has 0 fully saturated rings. The van der Waals surface area contributed by atoms with E-state index < -0.39 is 6.10 Å². The zero-order chi connectivity index (χ0) is 59.2. The minimum absolute atomic E-state index is 0.0723. The van der Waals surface area contributed by atoms with E-state index in [-0.39, 0.29) is 31.1 Å². The fraction of sp³-hybridized carbons (Fsp3) is 0.855. The number of ether oxygens (including phenoxy) is 3. The molecule has 0 amide bonds. The van der Waals surface area contributed by atoms with Gasteiger partial charge in [-0.1, -0.05) is 345 Å². The van der Waals surface area contributed by atoms with Crippen LogP contribution in [0.5, 0.6) is 0 Å². The van der Waals surface area contributed by atoms with Crippen molar-refractivity contribution in [2.24, 2.45) is 0 Å². The highest BCUT2D eigenvalue weighted by molar-refractivity contribution is 5.71. The molecule has 0 aromatic rings. The van der Waals surface area contributed by atoms with Gasteiger partial charge in [-0.05, 0) is 83.5 Å². The SMILES string of the molecule is CCCCCC/C=C\CCCCCCCC(=O)OCC(COC(=O)CCCCCCCCCCCCCC/C=C\C/C=C\C/C=C\CCCCCCC)OC(=O)CCCCCCCCCCCCCCCCCCCCCCCCCC. The van der Waals surface area contributed by atoms with E-state index in [4.69, 9.17) is 14.2 Å². The summed E-state index contributed by atoms with van der Waals surface area (Å²) in [4.78, 5) is 38.5. The molecule has 0 spiro atoms. The zero-order valence-electron chi connectivity index (χ0n) is 55.3. The molecule has 1 unspecified atom stereocenters. The predicted molar refractivity (Wildman–Crippen MR) is 358 cm³/mol. The predicted octanol–water partition coefficient (Wildman–Crippen LogP) is 25.3. The third kappa shape index (κ3) is 68.2. The first-order valence-electron chi connectivity index (χ1n) is 36.6. The Hall–Kier alpha value is -2.63. The van der Waals surface area contributed by atoms with Gasteiger partial charge in [0.15, 0.2) is 6.10 Å². The Morgan fingerprint density at radius 3 is 0.707 bits per heavy atom. The number of unbranched alkanes of at least 4 members (excludes halogenated alkanes) is 49. The van der Waals surface area contributed by atoms with Crippen LogP contribution in [0.1, 0.15) is 400 Å². The van der Waals surface area contributed by atoms with Gasteiger partial charge in [0, 0.05) is 19.3 Å². The number of allylic oxidation sites excluding steroid dienone is 8. The van der Waals surface area contributed by atoms with Gasteiger partial charge in [0.05, 0.1) is 0 Å². The molecule has 0 N–H and O–H groups in total. The molecule has 0 aromatic heterocycles. The molecular formula is C76H140O6. The molecule has 0 heterocycles. The Balaban J connectivity index is 4.23. The number of hydrogen-bond acceptors (Lipinski definition) is 6. The topological polar surface area (TPSA) is 78.9 Å². The van der Waals surface area contributed by atoms with Crippen molar-refractivity contribution in [1.29, 1.82) is 0 Å². The van der Waals surface area contributed by atoms with Gasteiger partial charge >= 0.3 is 17.9 Å². The summed E-state index contributed by atoms with van der Waals surface area (Å²) in [5.74, 6) is -0.855. The Kier molecular flexibility index (Phi) is 68.6. The van der Waals surface area contributed by atoms with Crippen LogP contribution in [0.2, 0.25) is 0 Å². The van der Waals surface area contributed by atoms with Crippen molar-refractivity contribution in [3.8, 4) is 0 Å². The summed E-state index contributed by atoms with van der Waals surface area (Å²) in [5, 5.41) is 0. The van der Waals surface area contributed by atoms with Gasteiger partial charge in [-0.25, -0.2) is 0 Å². The van der Waals surface area contributed by atoms with Crippen molar-refractivity contribution >= 4 is 17.9 Å². The second kappa shape index (κ2) is 70.9. The van der Waals surface area contributed by atoms with E-state index in [0.717, 1.165) is 77.0 Å². The molecule has 1 atom stereocenters. The summed E-state index contributed by atoms with van der Waals surface area (Å²) in [6, 6.07) is 0. The Labute approximate surface area is 511 Å². The number of rotatable bonds is 68. The van der Waals surface area contributed by atoms with Gasteiger partial charge < -0.3 is 14.2 Å². The van der Waals surface area contributed by atoms with E-state index in [1.54, 1.807) is 0 Å². The normalized spacial score (nSPS) is 12.3. The number of carbonyl (C=O) groups is 3. The van der Waals surface area contributed by atoms with Crippen molar-refractivity contribution in [3.05, 3.63) is 48.6 Å². The lowest BCUT2D eigenvalue weighted by molar-refractivity contribution is -0.167. The summed E-state index contributed by atoms with van der Waals surface area (Å²) in [6.45, 7) is 6.68. The maximum Gasteiger partial charge on any atom is 0.306 e. The van der Waals surface area contributed by atoms with Crippen LogP contribution in [0.25, 0.3) is 0 Å². The van der Waals surface area contributed by atoms with Crippen molar-refractivity contribution in [2.75, 3.05) is 13.2 Å². The Morgan fingerprint density at radius 1 is 0.244 bits per heavy atom. The molecule has 0 aliphatic carbocycles. The van der Waals surface area contributed by atoms with E-state index in [0.29, 0.717) is 19.3 Å². The van der Waals surface area contributed by atoms with Crippen LogP contribution in [0.15, 0.2) is 48.6 Å². The average molecular weight is 1150 g/mol. The molecule has 0 aliphatic rings. The monoisotopic (exact) mass is 1150 g/mol.